The molecule has 0 spiro atoms. The van der Waals surface area contributed by atoms with Crippen molar-refractivity contribution in [2.45, 2.75) is 0 Å². The van der Waals surface area contributed by atoms with E-state index in [0.29, 0.717) is 43.9 Å². The molecule has 1 aromatic heterocycles. The van der Waals surface area contributed by atoms with E-state index in [2.05, 4.69) is 9.97 Å². The molecule has 0 amide bonds. The molecule has 0 unspecified atom stereocenters. The van der Waals surface area contributed by atoms with Gasteiger partial charge in [-0.05, 0) is 24.3 Å². The number of ether oxygens (including phenoxy) is 2. The summed E-state index contributed by atoms with van der Waals surface area (Å²) in [5, 5.41) is 9.16. The summed E-state index contributed by atoms with van der Waals surface area (Å²) in [5.41, 5.74) is 0.187. The van der Waals surface area contributed by atoms with Crippen LogP contribution in [0, 0.1) is 0 Å². The van der Waals surface area contributed by atoms with Crippen LogP contribution in [0.25, 0.3) is 0 Å². The van der Waals surface area contributed by atoms with Gasteiger partial charge >= 0.3 is 5.97 Å². The Balaban J connectivity index is 1.79. The van der Waals surface area contributed by atoms with E-state index < -0.39 is 5.97 Å². The van der Waals surface area contributed by atoms with Gasteiger partial charge in [0, 0.05) is 19.2 Å². The highest BCUT2D eigenvalue weighted by Crippen LogP contribution is 2.25. The van der Waals surface area contributed by atoms with Crippen molar-refractivity contribution < 1.29 is 19.4 Å². The maximum atomic E-state index is 10.8. The molecule has 3 rings (SSSR count). The molecule has 1 N–H and O–H groups in total. The molecule has 1 saturated heterocycles. The molecule has 1 fully saturated rings. The lowest BCUT2D eigenvalue weighted by atomic mass is 10.2. The second-order valence-corrected chi connectivity index (χ2v) is 5.25. The number of hydrogen-bond acceptors (Lipinski definition) is 6. The number of carbonyl (C=O) groups is 1. The Morgan fingerprint density at radius 2 is 1.91 bits per heavy atom. The largest absolute Gasteiger partial charge is 0.478 e. The lowest BCUT2D eigenvalue weighted by Gasteiger charge is -2.26. The number of rotatable bonds is 4. The number of morpholine rings is 1. The smallest absolute Gasteiger partial charge is 0.335 e. The van der Waals surface area contributed by atoms with Crippen LogP contribution in [-0.2, 0) is 4.74 Å². The molecule has 2 aromatic rings. The van der Waals surface area contributed by atoms with E-state index in [1.165, 1.54) is 18.2 Å². The van der Waals surface area contributed by atoms with Crippen LogP contribution >= 0.6 is 11.6 Å². The van der Waals surface area contributed by atoms with Crippen LogP contribution in [0.4, 0.5) is 5.95 Å². The van der Waals surface area contributed by atoms with Gasteiger partial charge in [-0.2, -0.15) is 4.98 Å². The molecular formula is C15H14ClN3O4. The van der Waals surface area contributed by atoms with Crippen molar-refractivity contribution in [3.63, 3.8) is 0 Å². The first-order valence-corrected chi connectivity index (χ1v) is 7.38. The van der Waals surface area contributed by atoms with Crippen molar-refractivity contribution >= 4 is 23.5 Å². The van der Waals surface area contributed by atoms with Crippen LogP contribution in [0.3, 0.4) is 0 Å². The molecular weight excluding hydrogens is 322 g/mol. The maximum Gasteiger partial charge on any atom is 0.335 e. The zero-order valence-corrected chi connectivity index (χ0v) is 12.9. The zero-order valence-electron chi connectivity index (χ0n) is 12.1. The number of hydrogen-bond donors (Lipinski definition) is 1. The fourth-order valence-electron chi connectivity index (χ4n) is 2.13. The fourth-order valence-corrected chi connectivity index (χ4v) is 2.30. The summed E-state index contributed by atoms with van der Waals surface area (Å²) in [6, 6.07) is 7.56. The Morgan fingerprint density at radius 3 is 2.57 bits per heavy atom. The summed E-state index contributed by atoms with van der Waals surface area (Å²) in [7, 11) is 0. The Labute approximate surface area is 137 Å². The Hall–Kier alpha value is -2.38. The lowest BCUT2D eigenvalue weighted by molar-refractivity contribution is 0.0697. The molecule has 2 heterocycles. The average molecular weight is 336 g/mol. The average Bonchev–Trinajstić information content (AvgIpc) is 2.55. The third kappa shape index (κ3) is 3.88. The zero-order chi connectivity index (χ0) is 16.2. The van der Waals surface area contributed by atoms with E-state index in [1.807, 2.05) is 4.90 Å². The third-order valence-corrected chi connectivity index (χ3v) is 3.47. The van der Waals surface area contributed by atoms with Gasteiger partial charge in [-0.1, -0.05) is 11.6 Å². The highest BCUT2D eigenvalue weighted by Gasteiger charge is 2.16. The summed E-state index contributed by atoms with van der Waals surface area (Å²) < 4.78 is 10.9. The number of aromatic carboxylic acids is 1. The monoisotopic (exact) mass is 335 g/mol. The summed E-state index contributed by atoms with van der Waals surface area (Å²) in [4.78, 5) is 21.4. The van der Waals surface area contributed by atoms with E-state index in [-0.39, 0.29) is 10.7 Å². The van der Waals surface area contributed by atoms with Gasteiger partial charge in [-0.25, -0.2) is 9.78 Å². The van der Waals surface area contributed by atoms with Gasteiger partial charge < -0.3 is 19.5 Å². The van der Waals surface area contributed by atoms with Gasteiger partial charge in [0.2, 0.25) is 11.8 Å². The van der Waals surface area contributed by atoms with Gasteiger partial charge in [0.15, 0.2) is 0 Å². The van der Waals surface area contributed by atoms with Crippen molar-refractivity contribution in [1.29, 1.82) is 0 Å². The van der Waals surface area contributed by atoms with Crippen LogP contribution in [0.1, 0.15) is 10.4 Å². The quantitative estimate of drug-likeness (QED) is 0.859. The van der Waals surface area contributed by atoms with Crippen LogP contribution in [0.15, 0.2) is 30.3 Å². The Morgan fingerprint density at radius 1 is 1.22 bits per heavy atom. The fraction of sp³-hybridized carbons (Fsp3) is 0.267. The van der Waals surface area contributed by atoms with Gasteiger partial charge in [0.25, 0.3) is 0 Å². The molecule has 0 aliphatic carbocycles. The third-order valence-electron chi connectivity index (χ3n) is 3.28. The predicted octanol–water partition coefficient (Wildman–Crippen LogP) is 2.46. The summed E-state index contributed by atoms with van der Waals surface area (Å²) in [5.74, 6) is 0.265. The standard InChI is InChI=1S/C15H14ClN3O4/c16-12-9-13(18-15(17-12)19-5-7-22-8-6-19)23-11-3-1-10(2-4-11)14(20)21/h1-4,9H,5-8H2,(H,20,21). The van der Waals surface area contributed by atoms with E-state index in [9.17, 15) is 4.79 Å². The molecule has 23 heavy (non-hydrogen) atoms. The van der Waals surface area contributed by atoms with Crippen LogP contribution in [0.5, 0.6) is 11.6 Å². The molecule has 1 aromatic carbocycles. The first-order valence-electron chi connectivity index (χ1n) is 7.00. The van der Waals surface area contributed by atoms with Gasteiger partial charge in [0.05, 0.1) is 18.8 Å². The van der Waals surface area contributed by atoms with Crippen LogP contribution in [-0.4, -0.2) is 47.3 Å². The number of carboxylic acid groups (broad SMARTS) is 1. The van der Waals surface area contributed by atoms with Gasteiger partial charge in [0.1, 0.15) is 10.9 Å². The SMILES string of the molecule is O=C(O)c1ccc(Oc2cc(Cl)nc(N3CCOCC3)n2)cc1. The topological polar surface area (TPSA) is 84.8 Å². The number of carboxylic acids is 1. The van der Waals surface area contributed by atoms with Gasteiger partial charge in [-0.15, -0.1) is 0 Å². The summed E-state index contributed by atoms with van der Waals surface area (Å²) in [6.07, 6.45) is 0. The first kappa shape index (κ1) is 15.5. The summed E-state index contributed by atoms with van der Waals surface area (Å²) >= 11 is 6.04. The second-order valence-electron chi connectivity index (χ2n) is 4.86. The van der Waals surface area contributed by atoms with Gasteiger partial charge in [-0.3, -0.25) is 0 Å². The highest BCUT2D eigenvalue weighted by atomic mass is 35.5. The molecule has 8 heteroatoms. The van der Waals surface area contributed by atoms with Crippen molar-refractivity contribution in [2.24, 2.45) is 0 Å². The van der Waals surface area contributed by atoms with Crippen LogP contribution < -0.4 is 9.64 Å². The van der Waals surface area contributed by atoms with Crippen molar-refractivity contribution in [3.8, 4) is 11.6 Å². The molecule has 7 nitrogen and oxygen atoms in total. The molecule has 0 bridgehead atoms. The van der Waals surface area contributed by atoms with Crippen LogP contribution in [0.2, 0.25) is 5.15 Å². The molecule has 120 valence electrons. The normalized spacial score (nSPS) is 14.6. The van der Waals surface area contributed by atoms with E-state index in [0.717, 1.165) is 0 Å². The minimum absolute atomic E-state index is 0.187. The minimum Gasteiger partial charge on any atom is -0.478 e. The van der Waals surface area contributed by atoms with Crippen molar-refractivity contribution in [1.82, 2.24) is 9.97 Å². The lowest BCUT2D eigenvalue weighted by Crippen LogP contribution is -2.37. The van der Waals surface area contributed by atoms with E-state index in [4.69, 9.17) is 26.2 Å². The molecule has 1 aliphatic rings. The number of anilines is 1. The van der Waals surface area contributed by atoms with Crippen molar-refractivity contribution in [2.75, 3.05) is 31.2 Å². The Bertz CT molecular complexity index is 702. The molecule has 0 saturated carbocycles. The number of nitrogens with zero attached hydrogens (tertiary/aromatic N) is 3. The number of aromatic nitrogens is 2. The van der Waals surface area contributed by atoms with E-state index in [1.54, 1.807) is 12.1 Å². The maximum absolute atomic E-state index is 10.8. The van der Waals surface area contributed by atoms with Crippen molar-refractivity contribution in [3.05, 3.63) is 41.0 Å². The second kappa shape index (κ2) is 6.80. The van der Waals surface area contributed by atoms with E-state index >= 15 is 0 Å². The predicted molar refractivity (Wildman–Crippen MR) is 83.5 cm³/mol. The first-order chi connectivity index (χ1) is 11.1. The summed E-state index contributed by atoms with van der Waals surface area (Å²) in [6.45, 7) is 2.60. The number of benzene rings is 1. The minimum atomic E-state index is -0.990. The molecule has 0 atom stereocenters. The number of halogens is 1. The molecule has 0 radical (unpaired) electrons. The Kier molecular flexibility index (Phi) is 4.59. The molecule has 1 aliphatic heterocycles. The highest BCUT2D eigenvalue weighted by molar-refractivity contribution is 6.29.